The summed E-state index contributed by atoms with van der Waals surface area (Å²) in [7, 11) is 0. The highest BCUT2D eigenvalue weighted by Crippen LogP contribution is 2.35. The molecule has 2 N–H and O–H groups in total. The molecule has 2 aliphatic carbocycles. The van der Waals surface area contributed by atoms with Gasteiger partial charge in [-0.3, -0.25) is 4.79 Å². The molecule has 6 heteroatoms. The van der Waals surface area contributed by atoms with Gasteiger partial charge in [0.15, 0.2) is 5.89 Å². The van der Waals surface area contributed by atoms with Crippen LogP contribution in [0.5, 0.6) is 0 Å². The summed E-state index contributed by atoms with van der Waals surface area (Å²) >= 11 is 0. The highest BCUT2D eigenvalue weighted by atomic mass is 16.3. The van der Waals surface area contributed by atoms with Crippen molar-refractivity contribution >= 4 is 17.6 Å². The third-order valence-electron chi connectivity index (χ3n) is 9.20. The Kier molecular flexibility index (Phi) is 17.5. The van der Waals surface area contributed by atoms with E-state index in [2.05, 4.69) is 23.4 Å². The average molecular weight is 634 g/mol. The Balaban J connectivity index is 1.57. The highest BCUT2D eigenvalue weighted by Gasteiger charge is 2.36. The van der Waals surface area contributed by atoms with E-state index in [1.165, 1.54) is 122 Å². The van der Waals surface area contributed by atoms with Gasteiger partial charge in [0.25, 0.3) is 0 Å². The number of hydrogen-bond donors (Lipinski definition) is 2. The molecule has 0 radical (unpaired) electrons. The maximum Gasteiger partial charge on any atom is 0.203 e. The molecule has 0 spiro atoms. The summed E-state index contributed by atoms with van der Waals surface area (Å²) in [5.41, 5.74) is 1.71. The van der Waals surface area contributed by atoms with Gasteiger partial charge in [0.1, 0.15) is 30.4 Å². The molecule has 0 fully saturated rings. The molecule has 0 aromatic carbocycles. The van der Waals surface area contributed by atoms with Crippen molar-refractivity contribution in [3.05, 3.63) is 70.4 Å². The number of rotatable bonds is 24. The third kappa shape index (κ3) is 12.6. The zero-order valence-corrected chi connectivity index (χ0v) is 29.1. The zero-order valence-electron chi connectivity index (χ0n) is 29.1. The molecule has 0 bridgehead atoms. The first-order chi connectivity index (χ1) is 22.5. The number of ketones is 1. The van der Waals surface area contributed by atoms with E-state index in [4.69, 9.17) is 4.42 Å². The van der Waals surface area contributed by atoms with Gasteiger partial charge in [-0.1, -0.05) is 117 Å². The lowest BCUT2D eigenvalue weighted by molar-refractivity contribution is -0.527. The molecule has 6 nitrogen and oxygen atoms in total. The molecule has 1 aromatic heterocycles. The molecule has 254 valence electrons. The summed E-state index contributed by atoms with van der Waals surface area (Å²) in [5, 5.41) is 21.7. The molecule has 0 unspecified atom stereocenters. The Bertz CT molecular complexity index is 1250. The van der Waals surface area contributed by atoms with Gasteiger partial charge in [0.2, 0.25) is 11.5 Å². The SMILES string of the molecule is CCCCCCCCCCCC[N+](CCCCCCCCCCCC)=C1C=C/C(=C2/C(=O)C(/C=C/c3cnc(C)o3)=C2O)C(O)=C1. The fraction of sp³-hybridized carbons (Fsp3) is 0.625. The monoisotopic (exact) mass is 633 g/mol. The van der Waals surface area contributed by atoms with Crippen molar-refractivity contribution in [3.63, 3.8) is 0 Å². The van der Waals surface area contributed by atoms with Crippen LogP contribution in [0.3, 0.4) is 0 Å². The Morgan fingerprint density at radius 2 is 1.22 bits per heavy atom. The Morgan fingerprint density at radius 3 is 1.65 bits per heavy atom. The summed E-state index contributed by atoms with van der Waals surface area (Å²) in [6.45, 7) is 8.21. The number of aryl methyl sites for hydroxylation is 1. The van der Waals surface area contributed by atoms with Crippen LogP contribution < -0.4 is 0 Å². The number of carbonyl (C=O) groups excluding carboxylic acids is 1. The smallest absolute Gasteiger partial charge is 0.203 e. The van der Waals surface area contributed by atoms with Crippen molar-refractivity contribution in [1.29, 1.82) is 0 Å². The van der Waals surface area contributed by atoms with E-state index in [-0.39, 0.29) is 28.4 Å². The van der Waals surface area contributed by atoms with Crippen molar-refractivity contribution in [2.75, 3.05) is 13.1 Å². The molecule has 2 aliphatic rings. The summed E-state index contributed by atoms with van der Waals surface area (Å²) in [4.78, 5) is 17.0. The van der Waals surface area contributed by atoms with Gasteiger partial charge in [-0.05, 0) is 31.1 Å². The predicted molar refractivity (Wildman–Crippen MR) is 191 cm³/mol. The van der Waals surface area contributed by atoms with Gasteiger partial charge < -0.3 is 14.6 Å². The topological polar surface area (TPSA) is 86.6 Å². The van der Waals surface area contributed by atoms with Crippen LogP contribution in [0, 0.1) is 6.92 Å². The maximum absolute atomic E-state index is 12.9. The van der Waals surface area contributed by atoms with E-state index >= 15 is 0 Å². The second-order valence-electron chi connectivity index (χ2n) is 13.1. The first-order valence-electron chi connectivity index (χ1n) is 18.5. The molecular formula is C40H61N2O4+. The van der Waals surface area contributed by atoms with Crippen molar-refractivity contribution in [3.8, 4) is 0 Å². The lowest BCUT2D eigenvalue weighted by Crippen LogP contribution is -2.26. The molecule has 0 aliphatic heterocycles. The van der Waals surface area contributed by atoms with E-state index in [9.17, 15) is 15.0 Å². The molecule has 1 aromatic rings. The van der Waals surface area contributed by atoms with Crippen LogP contribution in [0.2, 0.25) is 0 Å². The largest absolute Gasteiger partial charge is 0.507 e. The lowest BCUT2D eigenvalue weighted by atomic mass is 9.82. The van der Waals surface area contributed by atoms with Crippen molar-refractivity contribution in [2.45, 2.75) is 149 Å². The van der Waals surface area contributed by atoms with E-state index in [1.807, 2.05) is 6.08 Å². The summed E-state index contributed by atoms with van der Waals surface area (Å²) in [5.74, 6) is 0.674. The average Bonchev–Trinajstić information content (AvgIpc) is 3.47. The van der Waals surface area contributed by atoms with Crippen LogP contribution in [0.1, 0.15) is 154 Å². The number of unbranched alkanes of at least 4 members (excludes halogenated alkanes) is 18. The Morgan fingerprint density at radius 1 is 0.717 bits per heavy atom. The molecule has 1 heterocycles. The minimum absolute atomic E-state index is 0.0254. The van der Waals surface area contributed by atoms with E-state index < -0.39 is 0 Å². The number of aliphatic hydroxyl groups is 2. The first kappa shape index (κ1) is 37.3. The number of oxazole rings is 1. The quantitative estimate of drug-likeness (QED) is 0.0672. The standard InChI is InChI=1S/C40H60N2O4/c1-4-6-8-10-12-14-16-18-20-22-28-42(29-23-21-19-17-15-13-11-9-7-5-2)33-24-26-35(37(43)30-33)38-39(44)36(40(38)45)27-25-34-31-41-32(3)46-34/h24-27,30-31H,4-23,28-29H2,1-3H3,(H,44,45)/p+1/b27-25+. The molecule has 46 heavy (non-hydrogen) atoms. The normalized spacial score (nSPS) is 16.5. The summed E-state index contributed by atoms with van der Waals surface area (Å²) < 4.78 is 7.81. The van der Waals surface area contributed by atoms with Crippen molar-refractivity contribution in [2.24, 2.45) is 0 Å². The van der Waals surface area contributed by atoms with Gasteiger partial charge >= 0.3 is 0 Å². The van der Waals surface area contributed by atoms with Crippen LogP contribution >= 0.6 is 0 Å². The number of carbonyl (C=O) groups is 1. The predicted octanol–water partition coefficient (Wildman–Crippen LogP) is 11.0. The zero-order chi connectivity index (χ0) is 33.0. The van der Waals surface area contributed by atoms with Crippen LogP contribution in [-0.4, -0.2) is 44.4 Å². The second kappa shape index (κ2) is 21.6. The van der Waals surface area contributed by atoms with Gasteiger partial charge in [0.05, 0.1) is 23.4 Å². The maximum atomic E-state index is 12.9. The Labute approximate surface area is 278 Å². The second-order valence-corrected chi connectivity index (χ2v) is 13.1. The highest BCUT2D eigenvalue weighted by molar-refractivity contribution is 6.22. The van der Waals surface area contributed by atoms with E-state index in [1.54, 1.807) is 31.3 Å². The fourth-order valence-corrected chi connectivity index (χ4v) is 6.33. The van der Waals surface area contributed by atoms with Gasteiger partial charge in [-0.15, -0.1) is 0 Å². The van der Waals surface area contributed by atoms with Crippen molar-refractivity contribution < 1.29 is 24.0 Å². The first-order valence-corrected chi connectivity index (χ1v) is 18.5. The number of aliphatic hydroxyl groups excluding tert-OH is 2. The molecule has 3 rings (SSSR count). The van der Waals surface area contributed by atoms with Crippen LogP contribution in [0.15, 0.2) is 63.2 Å². The number of aromatic nitrogens is 1. The molecule has 0 saturated heterocycles. The number of nitrogens with zero attached hydrogens (tertiary/aromatic N) is 2. The van der Waals surface area contributed by atoms with Gasteiger partial charge in [-0.2, -0.15) is 0 Å². The fourth-order valence-electron chi connectivity index (χ4n) is 6.33. The van der Waals surface area contributed by atoms with Crippen LogP contribution in [0.25, 0.3) is 6.08 Å². The van der Waals surface area contributed by atoms with E-state index in [0.29, 0.717) is 17.2 Å². The Hall–Kier alpha value is -3.15. The van der Waals surface area contributed by atoms with Crippen LogP contribution in [0.4, 0.5) is 0 Å². The number of allylic oxidation sites excluding steroid dienone is 6. The summed E-state index contributed by atoms with van der Waals surface area (Å²) in [6.07, 6.45) is 36.4. The van der Waals surface area contributed by atoms with Crippen molar-refractivity contribution in [1.82, 2.24) is 4.98 Å². The molecule has 0 atom stereocenters. The van der Waals surface area contributed by atoms with Gasteiger partial charge in [-0.25, -0.2) is 9.56 Å². The number of hydrogen-bond acceptors (Lipinski definition) is 5. The van der Waals surface area contributed by atoms with Gasteiger partial charge in [0, 0.05) is 31.4 Å². The van der Waals surface area contributed by atoms with E-state index in [0.717, 1.165) is 31.6 Å². The molecular weight excluding hydrogens is 572 g/mol. The number of Topliss-reactive ketones (excluding diaryl/α,β-unsaturated/α-hetero) is 1. The molecule has 0 amide bonds. The minimum Gasteiger partial charge on any atom is -0.507 e. The van der Waals surface area contributed by atoms with Crippen LogP contribution in [-0.2, 0) is 4.79 Å². The molecule has 0 saturated carbocycles. The third-order valence-corrected chi connectivity index (χ3v) is 9.20. The minimum atomic E-state index is -0.291. The summed E-state index contributed by atoms with van der Waals surface area (Å²) in [6, 6.07) is 0. The lowest BCUT2D eigenvalue weighted by Gasteiger charge is -2.22.